The highest BCUT2D eigenvalue weighted by molar-refractivity contribution is 6.28. The summed E-state index contributed by atoms with van der Waals surface area (Å²) in [4.78, 5) is 18.5. The number of aromatic nitrogens is 2. The molecule has 0 saturated carbocycles. The van der Waals surface area contributed by atoms with E-state index < -0.39 is 10.7 Å². The minimum atomic E-state index is -0.494. The minimum Gasteiger partial charge on any atom is -0.352 e. The van der Waals surface area contributed by atoms with E-state index in [0.717, 1.165) is 0 Å². The summed E-state index contributed by atoms with van der Waals surface area (Å²) in [5, 5.41) is 13.9. The number of halogens is 2. The third kappa shape index (κ3) is 3.47. The molecule has 1 heterocycles. The van der Waals surface area contributed by atoms with Crippen LogP contribution in [0, 0.1) is 15.9 Å². The number of nitro groups is 1. The molecule has 0 radical (unpaired) electrons. The predicted molar refractivity (Wildman–Crippen MR) is 88.8 cm³/mol. The predicted octanol–water partition coefficient (Wildman–Crippen LogP) is 4.59. The highest BCUT2D eigenvalue weighted by Gasteiger charge is 2.13. The van der Waals surface area contributed by atoms with E-state index in [1.54, 1.807) is 24.3 Å². The fourth-order valence-corrected chi connectivity index (χ4v) is 2.29. The van der Waals surface area contributed by atoms with E-state index in [-0.39, 0.29) is 11.0 Å². The lowest BCUT2D eigenvalue weighted by Gasteiger charge is -2.11. The summed E-state index contributed by atoms with van der Waals surface area (Å²) >= 11 is 5.85. The lowest BCUT2D eigenvalue weighted by atomic mass is 10.1. The van der Waals surface area contributed by atoms with Gasteiger partial charge in [-0.1, -0.05) is 18.2 Å². The van der Waals surface area contributed by atoms with Crippen LogP contribution in [-0.4, -0.2) is 14.9 Å². The van der Waals surface area contributed by atoms with Gasteiger partial charge in [0.25, 0.3) is 5.69 Å². The maximum atomic E-state index is 13.3. The summed E-state index contributed by atoms with van der Waals surface area (Å²) in [7, 11) is 0. The lowest BCUT2D eigenvalue weighted by Crippen LogP contribution is -1.98. The van der Waals surface area contributed by atoms with E-state index in [2.05, 4.69) is 15.3 Å². The molecule has 0 unspecified atom stereocenters. The van der Waals surface area contributed by atoms with Crippen LogP contribution in [0.3, 0.4) is 0 Å². The summed E-state index contributed by atoms with van der Waals surface area (Å²) < 4.78 is 13.3. The lowest BCUT2D eigenvalue weighted by molar-refractivity contribution is -0.384. The van der Waals surface area contributed by atoms with Gasteiger partial charge in [-0.25, -0.2) is 14.4 Å². The normalized spacial score (nSPS) is 10.4. The zero-order chi connectivity index (χ0) is 17.1. The number of hydrogen-bond donors (Lipinski definition) is 1. The van der Waals surface area contributed by atoms with Crippen LogP contribution >= 0.6 is 11.6 Å². The molecule has 0 aliphatic carbocycles. The molecule has 0 spiro atoms. The highest BCUT2D eigenvalue weighted by Crippen LogP contribution is 2.31. The third-order valence-corrected chi connectivity index (χ3v) is 3.38. The molecular formula is C16H10ClFN4O2. The van der Waals surface area contributed by atoms with E-state index >= 15 is 0 Å². The van der Waals surface area contributed by atoms with Gasteiger partial charge in [-0.2, -0.15) is 0 Å². The first kappa shape index (κ1) is 15.8. The number of nitrogens with zero attached hydrogens (tertiary/aromatic N) is 3. The van der Waals surface area contributed by atoms with Gasteiger partial charge in [-0.05, 0) is 29.8 Å². The maximum Gasteiger partial charge on any atom is 0.270 e. The van der Waals surface area contributed by atoms with Gasteiger partial charge in [0.2, 0.25) is 5.28 Å². The summed E-state index contributed by atoms with van der Waals surface area (Å²) in [6.45, 7) is 0. The minimum absolute atomic E-state index is 0.00120. The van der Waals surface area contributed by atoms with Crippen molar-refractivity contribution in [3.8, 4) is 11.3 Å². The van der Waals surface area contributed by atoms with Crippen molar-refractivity contribution in [2.24, 2.45) is 0 Å². The average Bonchev–Trinajstić information content (AvgIpc) is 2.56. The van der Waals surface area contributed by atoms with Crippen LogP contribution in [-0.2, 0) is 0 Å². The van der Waals surface area contributed by atoms with Crippen molar-refractivity contribution in [1.29, 1.82) is 0 Å². The molecule has 6 nitrogen and oxygen atoms in total. The van der Waals surface area contributed by atoms with E-state index in [1.807, 2.05) is 0 Å². The van der Waals surface area contributed by atoms with Gasteiger partial charge < -0.3 is 5.32 Å². The Labute approximate surface area is 141 Å². The molecule has 0 amide bonds. The molecule has 1 N–H and O–H groups in total. The standard InChI is InChI=1S/C16H10ClFN4O2/c17-16-19-9-14(20-12-5-2-4-11(18)8-12)15(21-16)10-3-1-6-13(7-10)22(23)24/h1-9,20H. The summed E-state index contributed by atoms with van der Waals surface area (Å²) in [6.07, 6.45) is 1.44. The van der Waals surface area contributed by atoms with Crippen molar-refractivity contribution in [3.05, 3.63) is 75.9 Å². The molecular weight excluding hydrogens is 335 g/mol. The quantitative estimate of drug-likeness (QED) is 0.425. The van der Waals surface area contributed by atoms with Gasteiger partial charge in [-0.15, -0.1) is 0 Å². The van der Waals surface area contributed by atoms with E-state index in [4.69, 9.17) is 11.6 Å². The Morgan fingerprint density at radius 1 is 1.17 bits per heavy atom. The van der Waals surface area contributed by atoms with Crippen LogP contribution < -0.4 is 5.32 Å². The molecule has 0 atom stereocenters. The topological polar surface area (TPSA) is 81.0 Å². The Bertz CT molecular complexity index is 920. The van der Waals surface area contributed by atoms with Gasteiger partial charge in [0.15, 0.2) is 0 Å². The molecule has 0 bridgehead atoms. The number of nitrogens with one attached hydrogen (secondary N) is 1. The molecule has 0 aliphatic heterocycles. The molecule has 3 aromatic rings. The first-order valence-corrected chi connectivity index (χ1v) is 7.21. The first-order chi connectivity index (χ1) is 11.5. The van der Waals surface area contributed by atoms with Crippen LogP contribution in [0.25, 0.3) is 11.3 Å². The Morgan fingerprint density at radius 3 is 2.71 bits per heavy atom. The van der Waals surface area contributed by atoms with E-state index in [9.17, 15) is 14.5 Å². The number of nitro benzene ring substituents is 1. The first-order valence-electron chi connectivity index (χ1n) is 6.83. The summed E-state index contributed by atoms with van der Waals surface area (Å²) in [5.41, 5.74) is 1.74. The van der Waals surface area contributed by atoms with Crippen molar-refractivity contribution in [2.75, 3.05) is 5.32 Å². The van der Waals surface area contributed by atoms with Gasteiger partial charge in [0.05, 0.1) is 22.5 Å². The SMILES string of the molecule is O=[N+]([O-])c1cccc(-c2nc(Cl)ncc2Nc2cccc(F)c2)c1. The smallest absolute Gasteiger partial charge is 0.270 e. The van der Waals surface area contributed by atoms with E-state index in [1.165, 1.54) is 30.5 Å². The Morgan fingerprint density at radius 2 is 1.96 bits per heavy atom. The Kier molecular flexibility index (Phi) is 4.35. The number of rotatable bonds is 4. The second-order valence-corrected chi connectivity index (χ2v) is 5.18. The van der Waals surface area contributed by atoms with Crippen molar-refractivity contribution in [1.82, 2.24) is 9.97 Å². The van der Waals surface area contributed by atoms with Crippen molar-refractivity contribution in [3.63, 3.8) is 0 Å². The van der Waals surface area contributed by atoms with E-state index in [0.29, 0.717) is 22.6 Å². The zero-order valence-corrected chi connectivity index (χ0v) is 12.9. The highest BCUT2D eigenvalue weighted by atomic mass is 35.5. The van der Waals surface area contributed by atoms with Crippen LogP contribution in [0.4, 0.5) is 21.5 Å². The fraction of sp³-hybridized carbons (Fsp3) is 0. The molecule has 0 fully saturated rings. The number of benzene rings is 2. The van der Waals surface area contributed by atoms with Gasteiger partial charge >= 0.3 is 0 Å². The van der Waals surface area contributed by atoms with Crippen molar-refractivity contribution in [2.45, 2.75) is 0 Å². The molecule has 120 valence electrons. The number of anilines is 2. The largest absolute Gasteiger partial charge is 0.352 e. The molecule has 24 heavy (non-hydrogen) atoms. The van der Waals surface area contributed by atoms with Crippen LogP contribution in [0.1, 0.15) is 0 Å². The molecule has 0 saturated heterocycles. The van der Waals surface area contributed by atoms with Crippen LogP contribution in [0.15, 0.2) is 54.7 Å². The third-order valence-electron chi connectivity index (χ3n) is 3.19. The average molecular weight is 345 g/mol. The maximum absolute atomic E-state index is 13.3. The summed E-state index contributed by atoms with van der Waals surface area (Å²) in [6, 6.07) is 11.9. The van der Waals surface area contributed by atoms with Crippen molar-refractivity contribution >= 4 is 28.7 Å². The second kappa shape index (κ2) is 6.59. The fourth-order valence-electron chi connectivity index (χ4n) is 2.16. The van der Waals surface area contributed by atoms with Gasteiger partial charge in [-0.3, -0.25) is 10.1 Å². The molecule has 8 heteroatoms. The zero-order valence-electron chi connectivity index (χ0n) is 12.1. The van der Waals surface area contributed by atoms with Gasteiger partial charge in [0, 0.05) is 23.4 Å². The molecule has 3 rings (SSSR count). The Balaban J connectivity index is 2.06. The van der Waals surface area contributed by atoms with Crippen molar-refractivity contribution < 1.29 is 9.31 Å². The number of hydrogen-bond acceptors (Lipinski definition) is 5. The molecule has 1 aromatic heterocycles. The summed E-state index contributed by atoms with van der Waals surface area (Å²) in [5.74, 6) is -0.396. The van der Waals surface area contributed by atoms with Crippen LogP contribution in [0.2, 0.25) is 5.28 Å². The molecule has 2 aromatic carbocycles. The Hall–Kier alpha value is -3.06. The monoisotopic (exact) mass is 344 g/mol. The number of non-ortho nitro benzene ring substituents is 1. The van der Waals surface area contributed by atoms with Crippen LogP contribution in [0.5, 0.6) is 0 Å². The van der Waals surface area contributed by atoms with Gasteiger partial charge in [0.1, 0.15) is 5.82 Å². The second-order valence-electron chi connectivity index (χ2n) is 4.84. The molecule has 0 aliphatic rings.